The Balaban J connectivity index is 2.65. The van der Waals surface area contributed by atoms with Crippen LogP contribution in [0.2, 0.25) is 0 Å². The number of carbonyl (C=O) groups excluding carboxylic acids is 1. The van der Waals surface area contributed by atoms with Crippen LogP contribution in [0.3, 0.4) is 0 Å². The van der Waals surface area contributed by atoms with Gasteiger partial charge in [0.1, 0.15) is 11.6 Å². The molecule has 1 heterocycles. The third-order valence-corrected chi connectivity index (χ3v) is 2.40. The molecule has 0 aromatic rings. The highest BCUT2D eigenvalue weighted by molar-refractivity contribution is 5.84. The summed E-state index contributed by atoms with van der Waals surface area (Å²) in [6.45, 7) is 6.12. The molecule has 0 saturated carbocycles. The van der Waals surface area contributed by atoms with Crippen LogP contribution >= 0.6 is 0 Å². The Hall–Kier alpha value is -1.26. The molecule has 5 heteroatoms. The zero-order valence-corrected chi connectivity index (χ0v) is 10.4. The first-order chi connectivity index (χ1) is 7.35. The van der Waals surface area contributed by atoms with Crippen molar-refractivity contribution in [3.05, 3.63) is 0 Å². The second-order valence-corrected chi connectivity index (χ2v) is 4.90. The van der Waals surface area contributed by atoms with Crippen LogP contribution in [0.25, 0.3) is 0 Å². The number of hydrogen-bond acceptors (Lipinski definition) is 4. The number of hydrogen-bond donors (Lipinski definition) is 1. The first kappa shape index (κ1) is 12.8. The molecule has 1 fully saturated rings. The fraction of sp³-hybridized carbons (Fsp3) is 0.818. The van der Waals surface area contributed by atoms with E-state index in [9.17, 15) is 4.79 Å². The summed E-state index contributed by atoms with van der Waals surface area (Å²) in [5.74, 6) is 0.128. The van der Waals surface area contributed by atoms with Crippen LogP contribution in [0.1, 0.15) is 33.6 Å². The zero-order chi connectivity index (χ0) is 12.3. The highest BCUT2D eigenvalue weighted by Gasteiger charge is 2.35. The lowest BCUT2D eigenvalue weighted by Gasteiger charge is -2.28. The molecule has 0 spiro atoms. The van der Waals surface area contributed by atoms with Crippen molar-refractivity contribution in [2.45, 2.75) is 45.3 Å². The van der Waals surface area contributed by atoms with E-state index in [1.165, 1.54) is 7.11 Å². The molecule has 1 atom stereocenters. The van der Waals surface area contributed by atoms with Gasteiger partial charge in [-0.05, 0) is 33.6 Å². The third-order valence-electron chi connectivity index (χ3n) is 2.40. The standard InChI is InChI=1S/C11H20N2O3/c1-11(2,3)16-10(14)13-7-5-6-8(13)9(12)15-4/h8,12H,5-7H2,1-4H3/t8-/m1/s1. The van der Waals surface area contributed by atoms with Crippen molar-refractivity contribution < 1.29 is 14.3 Å². The molecule has 0 radical (unpaired) electrons. The maximum absolute atomic E-state index is 11.8. The van der Waals surface area contributed by atoms with Gasteiger partial charge in [-0.15, -0.1) is 0 Å². The van der Waals surface area contributed by atoms with Gasteiger partial charge in [-0.3, -0.25) is 10.3 Å². The number of methoxy groups -OCH3 is 1. The molecule has 0 aliphatic carbocycles. The van der Waals surface area contributed by atoms with Crippen molar-refractivity contribution in [2.24, 2.45) is 0 Å². The normalized spacial score (nSPS) is 20.8. The second kappa shape index (κ2) is 4.72. The summed E-state index contributed by atoms with van der Waals surface area (Å²) < 4.78 is 10.2. The Morgan fingerprint density at radius 3 is 2.56 bits per heavy atom. The maximum Gasteiger partial charge on any atom is 0.410 e. The molecule has 0 aromatic heterocycles. The molecule has 1 rings (SSSR count). The predicted octanol–water partition coefficient (Wildman–Crippen LogP) is 2.01. The van der Waals surface area contributed by atoms with Gasteiger partial charge in [0.05, 0.1) is 7.11 Å². The van der Waals surface area contributed by atoms with Crippen molar-refractivity contribution in [3.8, 4) is 0 Å². The van der Waals surface area contributed by atoms with Crippen LogP contribution in [-0.2, 0) is 9.47 Å². The topological polar surface area (TPSA) is 62.6 Å². The minimum Gasteiger partial charge on any atom is -0.483 e. The lowest BCUT2D eigenvalue weighted by Crippen LogP contribution is -2.43. The Labute approximate surface area is 96.2 Å². The summed E-state index contributed by atoms with van der Waals surface area (Å²) in [4.78, 5) is 13.4. The zero-order valence-electron chi connectivity index (χ0n) is 10.4. The molecule has 1 aliphatic rings. The molecule has 1 saturated heterocycles. The van der Waals surface area contributed by atoms with E-state index in [1.54, 1.807) is 4.90 Å². The number of rotatable bonds is 1. The largest absolute Gasteiger partial charge is 0.483 e. The first-order valence-electron chi connectivity index (χ1n) is 5.47. The van der Waals surface area contributed by atoms with Crippen LogP contribution in [0, 0.1) is 5.41 Å². The Bertz CT molecular complexity index is 283. The van der Waals surface area contributed by atoms with E-state index in [-0.39, 0.29) is 18.0 Å². The van der Waals surface area contributed by atoms with Crippen LogP contribution < -0.4 is 0 Å². The van der Waals surface area contributed by atoms with Crippen molar-refractivity contribution in [3.63, 3.8) is 0 Å². The SMILES string of the molecule is COC(=N)[C@H]1CCCN1C(=O)OC(C)(C)C. The molecular weight excluding hydrogens is 208 g/mol. The van der Waals surface area contributed by atoms with E-state index in [1.807, 2.05) is 20.8 Å². The smallest absolute Gasteiger partial charge is 0.410 e. The molecule has 1 amide bonds. The average molecular weight is 228 g/mol. The number of likely N-dealkylation sites (tertiary alicyclic amines) is 1. The van der Waals surface area contributed by atoms with Gasteiger partial charge in [0.15, 0.2) is 0 Å². The van der Waals surface area contributed by atoms with Crippen LogP contribution in [0.5, 0.6) is 0 Å². The lowest BCUT2D eigenvalue weighted by molar-refractivity contribution is 0.0254. The second-order valence-electron chi connectivity index (χ2n) is 4.90. The Morgan fingerprint density at radius 2 is 2.06 bits per heavy atom. The summed E-state index contributed by atoms with van der Waals surface area (Å²) >= 11 is 0. The number of nitrogens with one attached hydrogen (secondary N) is 1. The number of carbonyl (C=O) groups is 1. The summed E-state index contributed by atoms with van der Waals surface area (Å²) in [7, 11) is 1.45. The van der Waals surface area contributed by atoms with Crippen LogP contribution in [-0.4, -0.2) is 42.2 Å². The molecule has 92 valence electrons. The first-order valence-corrected chi connectivity index (χ1v) is 5.47. The van der Waals surface area contributed by atoms with E-state index in [0.717, 1.165) is 12.8 Å². The monoisotopic (exact) mass is 228 g/mol. The number of ether oxygens (including phenoxy) is 2. The molecule has 16 heavy (non-hydrogen) atoms. The van der Waals surface area contributed by atoms with E-state index >= 15 is 0 Å². The van der Waals surface area contributed by atoms with Crippen molar-refractivity contribution in [2.75, 3.05) is 13.7 Å². The van der Waals surface area contributed by atoms with E-state index in [0.29, 0.717) is 6.54 Å². The van der Waals surface area contributed by atoms with Crippen molar-refractivity contribution in [1.29, 1.82) is 5.41 Å². The number of amides is 1. The number of nitrogens with zero attached hydrogens (tertiary/aromatic N) is 1. The highest BCUT2D eigenvalue weighted by Crippen LogP contribution is 2.21. The molecule has 5 nitrogen and oxygen atoms in total. The molecule has 1 aliphatic heterocycles. The van der Waals surface area contributed by atoms with Gasteiger partial charge in [0, 0.05) is 6.54 Å². The minimum atomic E-state index is -0.501. The summed E-state index contributed by atoms with van der Waals surface area (Å²) in [6, 6.07) is -0.264. The van der Waals surface area contributed by atoms with Gasteiger partial charge in [-0.25, -0.2) is 4.79 Å². The van der Waals surface area contributed by atoms with Crippen molar-refractivity contribution >= 4 is 12.0 Å². The Kier molecular flexibility index (Phi) is 3.78. The van der Waals surface area contributed by atoms with Gasteiger partial charge in [-0.1, -0.05) is 0 Å². The van der Waals surface area contributed by atoms with Gasteiger partial charge in [0.2, 0.25) is 5.90 Å². The van der Waals surface area contributed by atoms with Crippen molar-refractivity contribution in [1.82, 2.24) is 4.90 Å². The molecular formula is C11H20N2O3. The average Bonchev–Trinajstić information content (AvgIpc) is 2.62. The highest BCUT2D eigenvalue weighted by atomic mass is 16.6. The van der Waals surface area contributed by atoms with Crippen LogP contribution in [0.4, 0.5) is 4.79 Å². The summed E-state index contributed by atoms with van der Waals surface area (Å²) in [5.41, 5.74) is -0.501. The van der Waals surface area contributed by atoms with Gasteiger partial charge >= 0.3 is 6.09 Å². The Morgan fingerprint density at radius 1 is 1.44 bits per heavy atom. The molecule has 0 bridgehead atoms. The fourth-order valence-electron chi connectivity index (χ4n) is 1.71. The predicted molar refractivity (Wildman–Crippen MR) is 60.7 cm³/mol. The van der Waals surface area contributed by atoms with E-state index in [4.69, 9.17) is 14.9 Å². The van der Waals surface area contributed by atoms with E-state index in [2.05, 4.69) is 0 Å². The summed E-state index contributed by atoms with van der Waals surface area (Å²) in [5, 5.41) is 7.62. The minimum absolute atomic E-state index is 0.128. The quantitative estimate of drug-likeness (QED) is 0.551. The molecule has 0 unspecified atom stereocenters. The van der Waals surface area contributed by atoms with Gasteiger partial charge < -0.3 is 9.47 Å². The van der Waals surface area contributed by atoms with Crippen LogP contribution in [0.15, 0.2) is 0 Å². The molecule has 1 N–H and O–H groups in total. The lowest BCUT2D eigenvalue weighted by atomic mass is 10.2. The van der Waals surface area contributed by atoms with Gasteiger partial charge in [0.25, 0.3) is 0 Å². The maximum atomic E-state index is 11.8. The van der Waals surface area contributed by atoms with E-state index < -0.39 is 5.60 Å². The summed E-state index contributed by atoms with van der Waals surface area (Å²) in [6.07, 6.45) is 1.29. The fourth-order valence-corrected chi connectivity index (χ4v) is 1.71. The molecule has 0 aromatic carbocycles. The third kappa shape index (κ3) is 3.12. The van der Waals surface area contributed by atoms with Gasteiger partial charge in [-0.2, -0.15) is 0 Å².